The van der Waals surface area contributed by atoms with Gasteiger partial charge in [0, 0.05) is 0 Å². The van der Waals surface area contributed by atoms with Crippen LogP contribution in [0.5, 0.6) is 0 Å². The molecule has 0 aliphatic carbocycles. The quantitative estimate of drug-likeness (QED) is 0.814. The van der Waals surface area contributed by atoms with E-state index in [1.807, 2.05) is 0 Å². The predicted octanol–water partition coefficient (Wildman–Crippen LogP) is 2.49. The summed E-state index contributed by atoms with van der Waals surface area (Å²) < 4.78 is 48.9. The zero-order chi connectivity index (χ0) is 14.8. The Morgan fingerprint density at radius 3 is 1.60 bits per heavy atom. The maximum atomic E-state index is 12.2. The topological polar surface area (TPSA) is 68.3 Å². The van der Waals surface area contributed by atoms with Gasteiger partial charge in [-0.05, 0) is 29.8 Å². The Morgan fingerprint density at radius 1 is 0.700 bits per heavy atom. The Hall–Kier alpha value is -1.92. The molecule has 2 aromatic carbocycles. The van der Waals surface area contributed by atoms with Gasteiger partial charge in [0.1, 0.15) is 0 Å². The Morgan fingerprint density at radius 2 is 1.15 bits per heavy atom. The summed E-state index contributed by atoms with van der Waals surface area (Å²) in [6, 6.07) is 12.6. The molecule has 0 radical (unpaired) electrons. The molecule has 0 saturated carbocycles. The molecule has 2 aromatic rings. The maximum Gasteiger partial charge on any atom is 0.286 e. The molecule has 0 spiro atoms. The largest absolute Gasteiger partial charge is 0.286 e. The highest BCUT2D eigenvalue weighted by Crippen LogP contribution is 2.24. The summed E-state index contributed by atoms with van der Waals surface area (Å²) in [6.45, 7) is 3.55. The van der Waals surface area contributed by atoms with E-state index in [0.717, 1.165) is 0 Å². The van der Waals surface area contributed by atoms with E-state index >= 15 is 0 Å². The molecule has 0 saturated heterocycles. The van der Waals surface area contributed by atoms with E-state index in [2.05, 4.69) is 6.58 Å². The minimum absolute atomic E-state index is 0.243. The van der Waals surface area contributed by atoms with Crippen molar-refractivity contribution in [2.75, 3.05) is 0 Å². The van der Waals surface area contributed by atoms with Crippen LogP contribution in [-0.2, 0) is 17.7 Å². The third-order valence-electron chi connectivity index (χ3n) is 2.73. The third kappa shape index (κ3) is 2.39. The van der Waals surface area contributed by atoms with E-state index in [4.69, 9.17) is 0 Å². The van der Waals surface area contributed by atoms with Gasteiger partial charge >= 0.3 is 0 Å². The van der Waals surface area contributed by atoms with Crippen LogP contribution >= 0.6 is 0 Å². The lowest BCUT2D eigenvalue weighted by Crippen LogP contribution is -2.16. The molecule has 0 bridgehead atoms. The average Bonchev–Trinajstić information content (AvgIpc) is 2.48. The first-order valence-corrected chi connectivity index (χ1v) is 9.15. The van der Waals surface area contributed by atoms with Gasteiger partial charge in [-0.3, -0.25) is 0 Å². The summed E-state index contributed by atoms with van der Waals surface area (Å²) >= 11 is 0. The highest BCUT2D eigenvalue weighted by atomic mass is 33.2. The maximum absolute atomic E-state index is 12.2. The van der Waals surface area contributed by atoms with E-state index in [0.29, 0.717) is 5.56 Å². The van der Waals surface area contributed by atoms with Crippen LogP contribution in [0.15, 0.2) is 71.0 Å². The van der Waals surface area contributed by atoms with Crippen LogP contribution in [0.3, 0.4) is 0 Å². The zero-order valence-corrected chi connectivity index (χ0v) is 12.1. The molecule has 4 nitrogen and oxygen atoms in total. The molecule has 0 amide bonds. The van der Waals surface area contributed by atoms with Gasteiger partial charge in [-0.25, -0.2) is 16.8 Å². The first-order chi connectivity index (χ1) is 9.39. The van der Waals surface area contributed by atoms with Crippen molar-refractivity contribution in [2.24, 2.45) is 0 Å². The fraction of sp³-hybridized carbons (Fsp3) is 0. The molecule has 0 fully saturated rings. The summed E-state index contributed by atoms with van der Waals surface area (Å²) in [5, 5.41) is 0. The van der Waals surface area contributed by atoms with Crippen molar-refractivity contribution in [3.05, 3.63) is 66.7 Å². The van der Waals surface area contributed by atoms with E-state index < -0.39 is 17.7 Å². The van der Waals surface area contributed by atoms with Crippen LogP contribution in [0, 0.1) is 0 Å². The first-order valence-electron chi connectivity index (χ1n) is 5.67. The number of hydrogen-bond donors (Lipinski definition) is 0. The zero-order valence-electron chi connectivity index (χ0n) is 10.4. The van der Waals surface area contributed by atoms with E-state index in [1.54, 1.807) is 12.1 Å². The molecule has 0 aliphatic rings. The van der Waals surface area contributed by atoms with Gasteiger partial charge in [-0.2, -0.15) is 0 Å². The fourth-order valence-corrected chi connectivity index (χ4v) is 5.26. The Labute approximate surface area is 117 Å². The predicted molar refractivity (Wildman–Crippen MR) is 77.3 cm³/mol. The number of benzene rings is 2. The van der Waals surface area contributed by atoms with Crippen molar-refractivity contribution in [1.82, 2.24) is 0 Å². The smallest absolute Gasteiger partial charge is 0.207 e. The molecule has 0 aromatic heterocycles. The summed E-state index contributed by atoms with van der Waals surface area (Å²) in [5.74, 6) is 0. The van der Waals surface area contributed by atoms with Crippen molar-refractivity contribution in [3.63, 3.8) is 0 Å². The lowest BCUT2D eigenvalue weighted by molar-refractivity contribution is 0.582. The highest BCUT2D eigenvalue weighted by molar-refractivity contribution is 8.67. The Kier molecular flexibility index (Phi) is 3.78. The lowest BCUT2D eigenvalue weighted by atomic mass is 10.2. The molecular formula is C14H12O4S2. The van der Waals surface area contributed by atoms with Crippen LogP contribution in [0.1, 0.15) is 5.56 Å². The van der Waals surface area contributed by atoms with Gasteiger partial charge in [0.2, 0.25) is 0 Å². The fourth-order valence-electron chi connectivity index (χ4n) is 1.61. The van der Waals surface area contributed by atoms with Crippen LogP contribution < -0.4 is 0 Å². The van der Waals surface area contributed by atoms with Crippen molar-refractivity contribution in [1.29, 1.82) is 0 Å². The molecule has 0 aliphatic heterocycles. The van der Waals surface area contributed by atoms with Crippen molar-refractivity contribution < 1.29 is 16.8 Å². The highest BCUT2D eigenvalue weighted by Gasteiger charge is 2.33. The number of hydrogen-bond acceptors (Lipinski definition) is 4. The van der Waals surface area contributed by atoms with Crippen LogP contribution in [0.4, 0.5) is 0 Å². The van der Waals surface area contributed by atoms with Crippen molar-refractivity contribution in [2.45, 2.75) is 9.79 Å². The number of rotatable bonds is 4. The molecule has 0 unspecified atom stereocenters. The standard InChI is InChI=1S/C14H12O4S2/c1-2-12-8-10-14(11-9-12)20(17,18)19(15,16)13-6-4-3-5-7-13/h2-11H,1H2. The van der Waals surface area contributed by atoms with Gasteiger partial charge < -0.3 is 0 Å². The summed E-state index contributed by atoms with van der Waals surface area (Å²) in [6.07, 6.45) is 1.54. The second kappa shape index (κ2) is 5.22. The molecular weight excluding hydrogens is 296 g/mol. The van der Waals surface area contributed by atoms with Crippen LogP contribution in [-0.4, -0.2) is 16.8 Å². The summed E-state index contributed by atoms with van der Waals surface area (Å²) in [7, 11) is -8.94. The SMILES string of the molecule is C=Cc1ccc(S(=O)(=O)S(=O)(=O)c2ccccc2)cc1. The second-order valence-electron chi connectivity index (χ2n) is 3.99. The van der Waals surface area contributed by atoms with Crippen molar-refractivity contribution >= 4 is 23.8 Å². The minimum atomic E-state index is -4.48. The molecule has 104 valence electrons. The first kappa shape index (κ1) is 14.5. The Balaban J connectivity index is 2.57. The normalized spacial score (nSPS) is 12.0. The molecule has 6 heteroatoms. The van der Waals surface area contributed by atoms with Crippen LogP contribution in [0.25, 0.3) is 6.08 Å². The molecule has 2 rings (SSSR count). The molecule has 0 N–H and O–H groups in total. The summed E-state index contributed by atoms with van der Waals surface area (Å²) in [4.78, 5) is -0.500. The molecule has 0 heterocycles. The van der Waals surface area contributed by atoms with Gasteiger partial charge in [-0.15, -0.1) is 0 Å². The molecule has 20 heavy (non-hydrogen) atoms. The molecule has 0 atom stereocenters. The second-order valence-corrected chi connectivity index (χ2v) is 9.39. The lowest BCUT2D eigenvalue weighted by Gasteiger charge is -2.06. The van der Waals surface area contributed by atoms with Gasteiger partial charge in [0.15, 0.2) is 0 Å². The van der Waals surface area contributed by atoms with Gasteiger partial charge in [-0.1, -0.05) is 43.0 Å². The van der Waals surface area contributed by atoms with Crippen molar-refractivity contribution in [3.8, 4) is 0 Å². The summed E-state index contributed by atoms with van der Waals surface area (Å²) in [5.41, 5.74) is 0.709. The minimum Gasteiger partial charge on any atom is -0.207 e. The average molecular weight is 308 g/mol. The van der Waals surface area contributed by atoms with E-state index in [1.165, 1.54) is 48.5 Å². The van der Waals surface area contributed by atoms with Gasteiger partial charge in [0.05, 0.1) is 9.79 Å². The van der Waals surface area contributed by atoms with Gasteiger partial charge in [0.25, 0.3) is 17.7 Å². The van der Waals surface area contributed by atoms with E-state index in [9.17, 15) is 16.8 Å². The van der Waals surface area contributed by atoms with Crippen LogP contribution in [0.2, 0.25) is 0 Å². The Bertz CT molecular complexity index is 819. The third-order valence-corrected chi connectivity index (χ3v) is 7.89. The van der Waals surface area contributed by atoms with E-state index in [-0.39, 0.29) is 9.79 Å². The monoisotopic (exact) mass is 308 g/mol.